The van der Waals surface area contributed by atoms with Crippen molar-refractivity contribution in [1.29, 1.82) is 0 Å². The molecule has 1 aliphatic heterocycles. The molecule has 2 aromatic heterocycles. The molecule has 0 spiro atoms. The molecule has 1 aromatic carbocycles. The first-order valence-corrected chi connectivity index (χ1v) is 14.0. The van der Waals surface area contributed by atoms with E-state index >= 15 is 4.39 Å². The molecule has 0 saturated heterocycles. The Morgan fingerprint density at radius 3 is 2.69 bits per heavy atom. The van der Waals surface area contributed by atoms with E-state index in [1.54, 1.807) is 12.4 Å². The highest BCUT2D eigenvalue weighted by atomic mass is 28.4. The molecule has 1 atom stereocenters. The van der Waals surface area contributed by atoms with Gasteiger partial charge in [0.1, 0.15) is 12.4 Å². The first kappa shape index (κ1) is 22.7. The Balaban J connectivity index is 1.64. The molecule has 1 aliphatic rings. The summed E-state index contributed by atoms with van der Waals surface area (Å²) in [6.45, 7) is 14.2. The lowest BCUT2D eigenvalue weighted by atomic mass is 10.0. The van der Waals surface area contributed by atoms with Crippen LogP contribution in [0.25, 0.3) is 22.2 Å². The van der Waals surface area contributed by atoms with Gasteiger partial charge in [-0.15, -0.1) is 0 Å². The molecule has 3 heterocycles. The highest BCUT2D eigenvalue weighted by Crippen LogP contribution is 2.41. The van der Waals surface area contributed by atoms with Crippen LogP contribution in [-0.2, 0) is 10.8 Å². The Bertz CT molecular complexity index is 1210. The van der Waals surface area contributed by atoms with Crippen LogP contribution in [0.2, 0.25) is 18.1 Å². The number of benzene rings is 1. The molecule has 7 heteroatoms. The van der Waals surface area contributed by atoms with Crippen molar-refractivity contribution >= 4 is 19.2 Å². The quantitative estimate of drug-likeness (QED) is 0.463. The maximum Gasteiger partial charge on any atom is 0.191 e. The summed E-state index contributed by atoms with van der Waals surface area (Å²) in [6, 6.07) is 6.61. The van der Waals surface area contributed by atoms with Gasteiger partial charge < -0.3 is 13.7 Å². The summed E-state index contributed by atoms with van der Waals surface area (Å²) in [5, 5.41) is 0.497. The average Bonchev–Trinajstić information content (AvgIpc) is 2.72. The summed E-state index contributed by atoms with van der Waals surface area (Å²) in [6.07, 6.45) is 4.27. The third kappa shape index (κ3) is 3.99. The predicted molar refractivity (Wildman–Crippen MR) is 128 cm³/mol. The van der Waals surface area contributed by atoms with Crippen molar-refractivity contribution in [2.24, 2.45) is 0 Å². The number of pyridine rings is 2. The summed E-state index contributed by atoms with van der Waals surface area (Å²) in [5.74, 6) is -0.115. The van der Waals surface area contributed by atoms with Crippen LogP contribution >= 0.6 is 0 Å². The molecule has 3 aromatic rings. The van der Waals surface area contributed by atoms with Crippen LogP contribution in [0, 0.1) is 5.82 Å². The minimum Gasteiger partial charge on any atom is -0.488 e. The Labute approximate surface area is 189 Å². The van der Waals surface area contributed by atoms with Crippen molar-refractivity contribution in [3.8, 4) is 17.0 Å². The third-order valence-electron chi connectivity index (χ3n) is 6.80. The van der Waals surface area contributed by atoms with Gasteiger partial charge in [-0.25, -0.2) is 4.39 Å². The standard InChI is InChI=1S/C25H31FN2O3Si/c1-16-15-30-24-22(19(26)13-18-21(29)9-11-28(16)23(18)24)20-8-7-17(14-27-20)10-12-31-32(5,6)25(2,3)4/h7-9,11,13-14,16H,10,12,15H2,1-6H3. The Morgan fingerprint density at radius 1 is 1.28 bits per heavy atom. The lowest BCUT2D eigenvalue weighted by molar-refractivity contribution is 0.247. The number of ether oxygens (including phenoxy) is 1. The van der Waals surface area contributed by atoms with Crippen molar-refractivity contribution in [3.05, 3.63) is 58.3 Å². The van der Waals surface area contributed by atoms with E-state index in [0.29, 0.717) is 41.1 Å². The zero-order chi connectivity index (χ0) is 23.3. The fourth-order valence-corrected chi connectivity index (χ4v) is 4.81. The SMILES string of the molecule is CC1COc2c(-c3ccc(CCO[Si](C)(C)C(C)(C)C)cn3)c(F)cc3c(=O)ccn1c23. The zero-order valence-electron chi connectivity index (χ0n) is 19.7. The molecule has 0 N–H and O–H groups in total. The van der Waals surface area contributed by atoms with Crippen molar-refractivity contribution in [2.75, 3.05) is 13.2 Å². The number of halogens is 1. The monoisotopic (exact) mass is 454 g/mol. The molecule has 0 fully saturated rings. The maximum atomic E-state index is 15.1. The highest BCUT2D eigenvalue weighted by Gasteiger charge is 2.36. The summed E-state index contributed by atoms with van der Waals surface area (Å²) < 4.78 is 29.3. The van der Waals surface area contributed by atoms with Gasteiger partial charge in [0, 0.05) is 25.1 Å². The lowest BCUT2D eigenvalue weighted by Gasteiger charge is -2.36. The fraction of sp³-hybridized carbons (Fsp3) is 0.440. The van der Waals surface area contributed by atoms with Crippen LogP contribution in [0.3, 0.4) is 0 Å². The van der Waals surface area contributed by atoms with E-state index in [1.165, 1.54) is 12.1 Å². The normalized spacial score (nSPS) is 16.3. The molecule has 170 valence electrons. The first-order valence-electron chi connectivity index (χ1n) is 11.1. The fourth-order valence-electron chi connectivity index (χ4n) is 3.76. The van der Waals surface area contributed by atoms with E-state index in [2.05, 4.69) is 38.8 Å². The summed E-state index contributed by atoms with van der Waals surface area (Å²) in [5.41, 5.74) is 2.24. The summed E-state index contributed by atoms with van der Waals surface area (Å²) >= 11 is 0. The number of rotatable bonds is 5. The molecule has 0 bridgehead atoms. The van der Waals surface area contributed by atoms with E-state index in [1.807, 2.05) is 23.6 Å². The van der Waals surface area contributed by atoms with Crippen LogP contribution in [0.5, 0.6) is 5.75 Å². The van der Waals surface area contributed by atoms with Gasteiger partial charge in [-0.05, 0) is 49.2 Å². The Kier molecular flexibility index (Phi) is 5.75. The van der Waals surface area contributed by atoms with Crippen molar-refractivity contribution in [3.63, 3.8) is 0 Å². The van der Waals surface area contributed by atoms with Crippen molar-refractivity contribution in [1.82, 2.24) is 9.55 Å². The average molecular weight is 455 g/mol. The molecule has 0 aliphatic carbocycles. The Morgan fingerprint density at radius 2 is 2.03 bits per heavy atom. The van der Waals surface area contributed by atoms with Crippen LogP contribution in [-0.4, -0.2) is 31.1 Å². The maximum absolute atomic E-state index is 15.1. The van der Waals surface area contributed by atoms with Gasteiger partial charge >= 0.3 is 0 Å². The van der Waals surface area contributed by atoms with Gasteiger partial charge in [-0.3, -0.25) is 9.78 Å². The van der Waals surface area contributed by atoms with E-state index in [4.69, 9.17) is 9.16 Å². The molecule has 0 radical (unpaired) electrons. The second-order valence-electron chi connectivity index (χ2n) is 10.1. The smallest absolute Gasteiger partial charge is 0.191 e. The van der Waals surface area contributed by atoms with E-state index in [0.717, 1.165) is 12.0 Å². The lowest BCUT2D eigenvalue weighted by Crippen LogP contribution is -2.41. The summed E-state index contributed by atoms with van der Waals surface area (Å²) in [4.78, 5) is 16.9. The Hall–Kier alpha value is -2.51. The molecule has 0 saturated carbocycles. The van der Waals surface area contributed by atoms with Crippen LogP contribution in [0.15, 0.2) is 41.5 Å². The van der Waals surface area contributed by atoms with Crippen molar-refractivity contribution < 1.29 is 13.6 Å². The number of hydrogen-bond acceptors (Lipinski definition) is 4. The molecular formula is C25H31FN2O3Si. The second-order valence-corrected chi connectivity index (χ2v) is 14.9. The van der Waals surface area contributed by atoms with Crippen LogP contribution in [0.1, 0.15) is 39.3 Å². The minimum atomic E-state index is -1.79. The zero-order valence-corrected chi connectivity index (χ0v) is 20.7. The van der Waals surface area contributed by atoms with Crippen LogP contribution < -0.4 is 10.2 Å². The third-order valence-corrected chi connectivity index (χ3v) is 11.3. The number of nitrogens with zero attached hydrogens (tertiary/aromatic N) is 2. The number of hydrogen-bond donors (Lipinski definition) is 0. The van der Waals surface area contributed by atoms with Gasteiger partial charge in [0.05, 0.1) is 28.2 Å². The van der Waals surface area contributed by atoms with Crippen molar-refractivity contribution in [2.45, 2.75) is 58.3 Å². The van der Waals surface area contributed by atoms with Gasteiger partial charge in [-0.2, -0.15) is 0 Å². The van der Waals surface area contributed by atoms with Gasteiger partial charge in [0.15, 0.2) is 19.5 Å². The second kappa shape index (κ2) is 8.12. The van der Waals surface area contributed by atoms with Gasteiger partial charge in [0.2, 0.25) is 0 Å². The molecule has 32 heavy (non-hydrogen) atoms. The topological polar surface area (TPSA) is 53.4 Å². The number of aromatic nitrogens is 2. The van der Waals surface area contributed by atoms with Crippen LogP contribution in [0.4, 0.5) is 4.39 Å². The highest BCUT2D eigenvalue weighted by molar-refractivity contribution is 6.74. The van der Waals surface area contributed by atoms with E-state index < -0.39 is 14.1 Å². The summed E-state index contributed by atoms with van der Waals surface area (Å²) in [7, 11) is -1.79. The minimum absolute atomic E-state index is 0.0557. The molecule has 5 nitrogen and oxygen atoms in total. The molecule has 1 unspecified atom stereocenters. The largest absolute Gasteiger partial charge is 0.488 e. The predicted octanol–water partition coefficient (Wildman–Crippen LogP) is 5.72. The van der Waals surface area contributed by atoms with Gasteiger partial charge in [0.25, 0.3) is 0 Å². The van der Waals surface area contributed by atoms with E-state index in [9.17, 15) is 4.79 Å². The molecular weight excluding hydrogens is 423 g/mol. The van der Waals surface area contributed by atoms with E-state index in [-0.39, 0.29) is 16.5 Å². The molecule has 4 rings (SSSR count). The van der Waals surface area contributed by atoms with Gasteiger partial charge in [-0.1, -0.05) is 26.8 Å². The first-order chi connectivity index (χ1) is 15.0. The molecule has 0 amide bonds.